The highest BCUT2D eigenvalue weighted by Crippen LogP contribution is 2.10. The number of nitrogens with zero attached hydrogens (tertiary/aromatic N) is 1. The third-order valence-corrected chi connectivity index (χ3v) is 4.01. The number of ether oxygens (including phenoxy) is 1. The number of guanidine groups is 1. The molecule has 0 spiro atoms. The Labute approximate surface area is 162 Å². The lowest BCUT2D eigenvalue weighted by Crippen LogP contribution is -2.39. The Balaban J connectivity index is 0.00000529. The van der Waals surface area contributed by atoms with E-state index >= 15 is 0 Å². The summed E-state index contributed by atoms with van der Waals surface area (Å²) in [5.41, 5.74) is 1.18. The number of rotatable bonds is 9. The van der Waals surface area contributed by atoms with Gasteiger partial charge in [-0.05, 0) is 19.4 Å². The fraction of sp³-hybridized carbons (Fsp3) is 0.562. The Hall–Kier alpha value is -0.870. The minimum Gasteiger partial charge on any atom is -0.378 e. The van der Waals surface area contributed by atoms with Crippen molar-refractivity contribution in [1.82, 2.24) is 10.6 Å². The van der Waals surface area contributed by atoms with E-state index in [2.05, 4.69) is 34.7 Å². The molecule has 0 aromatic heterocycles. The van der Waals surface area contributed by atoms with Crippen molar-refractivity contribution < 1.29 is 13.2 Å². The van der Waals surface area contributed by atoms with Gasteiger partial charge in [0.05, 0.1) is 31.6 Å². The predicted octanol–water partition coefficient (Wildman–Crippen LogP) is 1.98. The maximum absolute atomic E-state index is 11.0. The molecule has 138 valence electrons. The lowest BCUT2D eigenvalue weighted by molar-refractivity contribution is 0.157. The van der Waals surface area contributed by atoms with Gasteiger partial charge in [-0.1, -0.05) is 30.3 Å². The number of halogens is 1. The maximum atomic E-state index is 11.0. The van der Waals surface area contributed by atoms with Gasteiger partial charge >= 0.3 is 0 Å². The van der Waals surface area contributed by atoms with E-state index in [1.165, 1.54) is 11.8 Å². The van der Waals surface area contributed by atoms with Crippen molar-refractivity contribution in [2.24, 2.45) is 4.99 Å². The number of aliphatic imine (C=N–C) groups is 1. The van der Waals surface area contributed by atoms with Crippen LogP contribution in [-0.4, -0.2) is 52.7 Å². The van der Waals surface area contributed by atoms with Gasteiger partial charge in [-0.15, -0.1) is 24.0 Å². The Morgan fingerprint density at radius 1 is 1.25 bits per heavy atom. The van der Waals surface area contributed by atoms with E-state index in [4.69, 9.17) is 4.74 Å². The van der Waals surface area contributed by atoms with E-state index in [9.17, 15) is 8.42 Å². The molecule has 0 aliphatic heterocycles. The number of sulfone groups is 1. The lowest BCUT2D eigenvalue weighted by atomic mass is 10.1. The molecule has 1 atom stereocenters. The first-order valence-electron chi connectivity index (χ1n) is 7.77. The molecule has 0 aliphatic carbocycles. The van der Waals surface area contributed by atoms with Crippen molar-refractivity contribution in [3.63, 3.8) is 0 Å². The van der Waals surface area contributed by atoms with Crippen LogP contribution in [0.25, 0.3) is 0 Å². The van der Waals surface area contributed by atoms with Gasteiger partial charge < -0.3 is 15.4 Å². The average molecular weight is 469 g/mol. The normalized spacial score (nSPS) is 13.0. The second-order valence-electron chi connectivity index (χ2n) is 5.28. The summed E-state index contributed by atoms with van der Waals surface area (Å²) in [6, 6.07) is 10.3. The van der Waals surface area contributed by atoms with Crippen LogP contribution >= 0.6 is 24.0 Å². The van der Waals surface area contributed by atoms with Crippen molar-refractivity contribution in [1.29, 1.82) is 0 Å². The van der Waals surface area contributed by atoms with E-state index in [0.717, 1.165) is 12.5 Å². The molecule has 0 heterocycles. The lowest BCUT2D eigenvalue weighted by Gasteiger charge is -2.18. The van der Waals surface area contributed by atoms with Crippen LogP contribution in [-0.2, 0) is 14.6 Å². The van der Waals surface area contributed by atoms with Crippen molar-refractivity contribution in [3.05, 3.63) is 35.9 Å². The molecule has 2 N–H and O–H groups in total. The quantitative estimate of drug-likeness (QED) is 0.250. The van der Waals surface area contributed by atoms with Gasteiger partial charge in [0, 0.05) is 12.8 Å². The van der Waals surface area contributed by atoms with Crippen molar-refractivity contribution >= 4 is 39.8 Å². The van der Waals surface area contributed by atoms with Crippen LogP contribution < -0.4 is 10.6 Å². The highest BCUT2D eigenvalue weighted by Gasteiger charge is 2.07. The van der Waals surface area contributed by atoms with Gasteiger partial charge in [0.1, 0.15) is 9.84 Å². The molecule has 1 rings (SSSR count). The summed E-state index contributed by atoms with van der Waals surface area (Å²) < 4.78 is 27.3. The summed E-state index contributed by atoms with van der Waals surface area (Å²) in [5, 5.41) is 6.52. The first-order valence-corrected chi connectivity index (χ1v) is 9.83. The summed E-state index contributed by atoms with van der Waals surface area (Å²) in [6.07, 6.45) is 1.20. The fourth-order valence-corrected chi connectivity index (χ4v) is 2.31. The number of hydrogen-bond donors (Lipinski definition) is 2. The zero-order chi connectivity index (χ0) is 17.1. The summed E-state index contributed by atoms with van der Waals surface area (Å²) in [7, 11) is -2.97. The van der Waals surface area contributed by atoms with Crippen molar-refractivity contribution in [2.45, 2.75) is 19.9 Å². The Kier molecular flexibility index (Phi) is 12.0. The standard InChI is InChI=1S/C16H27N3O3S.HI/c1-4-17-16(18-10-11-22-12-13-23(3,20)21)19-14(2)15-8-6-5-7-9-15;/h5-9,14H,4,10-13H2,1-3H3,(H2,17,18,19);1H. The molecule has 0 amide bonds. The van der Waals surface area contributed by atoms with Gasteiger partial charge in [0.2, 0.25) is 0 Å². The number of benzene rings is 1. The van der Waals surface area contributed by atoms with E-state index in [0.29, 0.717) is 13.2 Å². The number of nitrogens with one attached hydrogen (secondary N) is 2. The van der Waals surface area contributed by atoms with Crippen molar-refractivity contribution in [3.8, 4) is 0 Å². The van der Waals surface area contributed by atoms with Crippen LogP contribution in [0.4, 0.5) is 0 Å². The molecule has 0 radical (unpaired) electrons. The fourth-order valence-electron chi connectivity index (χ4n) is 1.88. The topological polar surface area (TPSA) is 79.8 Å². The van der Waals surface area contributed by atoms with Crippen LogP contribution in [0.2, 0.25) is 0 Å². The molecule has 8 heteroatoms. The Morgan fingerprint density at radius 2 is 1.92 bits per heavy atom. The van der Waals surface area contributed by atoms with Crippen LogP contribution in [0, 0.1) is 0 Å². The van der Waals surface area contributed by atoms with Crippen LogP contribution in [0.3, 0.4) is 0 Å². The van der Waals surface area contributed by atoms with Crippen LogP contribution in [0.1, 0.15) is 25.5 Å². The molecule has 6 nitrogen and oxygen atoms in total. The molecular weight excluding hydrogens is 441 g/mol. The van der Waals surface area contributed by atoms with Crippen LogP contribution in [0.5, 0.6) is 0 Å². The summed E-state index contributed by atoms with van der Waals surface area (Å²) >= 11 is 0. The molecule has 0 fully saturated rings. The van der Waals surface area contributed by atoms with E-state index in [-0.39, 0.29) is 42.4 Å². The van der Waals surface area contributed by atoms with Gasteiger partial charge in [-0.2, -0.15) is 0 Å². The summed E-state index contributed by atoms with van der Waals surface area (Å²) in [6.45, 7) is 5.92. The Bertz CT molecular complexity index is 579. The molecule has 24 heavy (non-hydrogen) atoms. The average Bonchev–Trinajstić information content (AvgIpc) is 2.50. The van der Waals surface area contributed by atoms with Crippen molar-refractivity contribution in [2.75, 3.05) is 38.3 Å². The zero-order valence-electron chi connectivity index (χ0n) is 14.5. The van der Waals surface area contributed by atoms with E-state index < -0.39 is 9.84 Å². The smallest absolute Gasteiger partial charge is 0.191 e. The van der Waals surface area contributed by atoms with E-state index in [1.807, 2.05) is 25.1 Å². The zero-order valence-corrected chi connectivity index (χ0v) is 17.6. The highest BCUT2D eigenvalue weighted by molar-refractivity contribution is 14.0. The van der Waals surface area contributed by atoms with Gasteiger partial charge in [-0.25, -0.2) is 8.42 Å². The second-order valence-corrected chi connectivity index (χ2v) is 7.54. The first kappa shape index (κ1) is 23.1. The highest BCUT2D eigenvalue weighted by atomic mass is 127. The second kappa shape index (κ2) is 12.5. The summed E-state index contributed by atoms with van der Waals surface area (Å²) in [5.74, 6) is 0.760. The first-order chi connectivity index (χ1) is 10.9. The molecule has 1 aromatic carbocycles. The molecule has 0 saturated carbocycles. The number of hydrogen-bond acceptors (Lipinski definition) is 4. The van der Waals surface area contributed by atoms with Gasteiger partial charge in [0.25, 0.3) is 0 Å². The predicted molar refractivity (Wildman–Crippen MR) is 110 cm³/mol. The molecule has 1 unspecified atom stereocenters. The third kappa shape index (κ3) is 10.8. The minimum atomic E-state index is -2.97. The monoisotopic (exact) mass is 469 g/mol. The molecule has 1 aromatic rings. The minimum absolute atomic E-state index is 0. The molecule has 0 saturated heterocycles. The largest absolute Gasteiger partial charge is 0.378 e. The van der Waals surface area contributed by atoms with Crippen LogP contribution in [0.15, 0.2) is 35.3 Å². The SMILES string of the molecule is CCNC(=NCCOCCS(C)(=O)=O)NC(C)c1ccccc1.I. The third-order valence-electron chi connectivity index (χ3n) is 3.10. The molecule has 0 bridgehead atoms. The summed E-state index contributed by atoms with van der Waals surface area (Å²) in [4.78, 5) is 4.43. The maximum Gasteiger partial charge on any atom is 0.191 e. The van der Waals surface area contributed by atoms with Gasteiger partial charge in [0.15, 0.2) is 5.96 Å². The Morgan fingerprint density at radius 3 is 2.50 bits per heavy atom. The van der Waals surface area contributed by atoms with E-state index in [1.54, 1.807) is 0 Å². The van der Waals surface area contributed by atoms with Gasteiger partial charge in [-0.3, -0.25) is 4.99 Å². The molecular formula is C16H28IN3O3S. The molecule has 0 aliphatic rings.